The van der Waals surface area contributed by atoms with E-state index in [-0.39, 0.29) is 41.3 Å². The Kier molecular flexibility index (Phi) is 11.5. The first-order valence-corrected chi connectivity index (χ1v) is 11.4. The monoisotopic (exact) mass is 536 g/mol. The second kappa shape index (κ2) is 12.7. The third kappa shape index (κ3) is 8.78. The highest BCUT2D eigenvalue weighted by atomic mass is 127. The van der Waals surface area contributed by atoms with Gasteiger partial charge in [-0.05, 0) is 39.5 Å². The molecular formula is C21H37IN4O2S. The fourth-order valence-corrected chi connectivity index (χ4v) is 4.29. The van der Waals surface area contributed by atoms with Gasteiger partial charge in [-0.3, -0.25) is 9.79 Å². The first-order valence-electron chi connectivity index (χ1n) is 10.5. The van der Waals surface area contributed by atoms with Crippen LogP contribution in [0, 0.1) is 5.92 Å². The van der Waals surface area contributed by atoms with Gasteiger partial charge in [0.15, 0.2) is 5.96 Å². The number of esters is 1. The van der Waals surface area contributed by atoms with Crippen LogP contribution in [0.3, 0.4) is 0 Å². The van der Waals surface area contributed by atoms with Crippen LogP contribution in [0.25, 0.3) is 0 Å². The predicted octanol–water partition coefficient (Wildman–Crippen LogP) is 4.28. The molecular weight excluding hydrogens is 499 g/mol. The molecule has 6 nitrogen and oxygen atoms in total. The summed E-state index contributed by atoms with van der Waals surface area (Å²) in [7, 11) is 0. The number of carbonyl (C=O) groups excluding carboxylic acids is 1. The van der Waals surface area contributed by atoms with E-state index >= 15 is 0 Å². The van der Waals surface area contributed by atoms with Crippen LogP contribution in [0.1, 0.15) is 71.0 Å². The van der Waals surface area contributed by atoms with Gasteiger partial charge in [0, 0.05) is 36.3 Å². The first-order chi connectivity index (χ1) is 13.3. The minimum absolute atomic E-state index is 0. The number of halogens is 1. The summed E-state index contributed by atoms with van der Waals surface area (Å²) >= 11 is 1.72. The summed E-state index contributed by atoms with van der Waals surface area (Å²) in [6.07, 6.45) is 4.55. The Morgan fingerprint density at radius 1 is 1.28 bits per heavy atom. The Morgan fingerprint density at radius 3 is 2.52 bits per heavy atom. The Labute approximate surface area is 196 Å². The molecule has 1 aliphatic carbocycles. The van der Waals surface area contributed by atoms with Crippen LogP contribution in [0.2, 0.25) is 0 Å². The van der Waals surface area contributed by atoms with Crippen LogP contribution in [-0.2, 0) is 21.4 Å². The highest BCUT2D eigenvalue weighted by Gasteiger charge is 2.27. The zero-order chi connectivity index (χ0) is 20.6. The van der Waals surface area contributed by atoms with Crippen molar-refractivity contribution in [1.82, 2.24) is 15.6 Å². The summed E-state index contributed by atoms with van der Waals surface area (Å²) in [5, 5.41) is 10.2. The Hall–Kier alpha value is -0.900. The van der Waals surface area contributed by atoms with Crippen molar-refractivity contribution >= 4 is 47.2 Å². The fraction of sp³-hybridized carbons (Fsp3) is 0.762. The van der Waals surface area contributed by atoms with Crippen molar-refractivity contribution in [2.45, 2.75) is 78.2 Å². The van der Waals surface area contributed by atoms with Crippen molar-refractivity contribution in [3.63, 3.8) is 0 Å². The van der Waals surface area contributed by atoms with E-state index in [0.717, 1.165) is 55.3 Å². The van der Waals surface area contributed by atoms with Gasteiger partial charge < -0.3 is 15.4 Å². The van der Waals surface area contributed by atoms with Gasteiger partial charge in [-0.1, -0.05) is 20.8 Å². The van der Waals surface area contributed by atoms with Crippen molar-refractivity contribution in [3.05, 3.63) is 16.1 Å². The molecule has 0 unspecified atom stereocenters. The predicted molar refractivity (Wildman–Crippen MR) is 131 cm³/mol. The Morgan fingerprint density at radius 2 is 1.97 bits per heavy atom. The van der Waals surface area contributed by atoms with Crippen molar-refractivity contribution in [2.24, 2.45) is 10.9 Å². The lowest BCUT2D eigenvalue weighted by atomic mass is 9.86. The van der Waals surface area contributed by atoms with Crippen LogP contribution in [-0.4, -0.2) is 42.7 Å². The van der Waals surface area contributed by atoms with E-state index in [0.29, 0.717) is 19.2 Å². The highest BCUT2D eigenvalue weighted by molar-refractivity contribution is 14.0. The number of guanidine groups is 1. The second-order valence-electron chi connectivity index (χ2n) is 8.33. The molecule has 2 rings (SSSR count). The van der Waals surface area contributed by atoms with E-state index < -0.39 is 0 Å². The smallest absolute Gasteiger partial charge is 0.308 e. The number of rotatable bonds is 7. The maximum atomic E-state index is 11.9. The Balaban J connectivity index is 0.00000420. The zero-order valence-corrected chi connectivity index (χ0v) is 21.6. The van der Waals surface area contributed by atoms with E-state index in [1.54, 1.807) is 11.3 Å². The number of aromatic nitrogens is 1. The van der Waals surface area contributed by atoms with Crippen LogP contribution in [0.15, 0.2) is 10.4 Å². The SMILES string of the molecule is CCNC(=NCCc1nc(C(C)(C)C)cs1)NC1CCC(C(=O)OCC)CC1.I. The van der Waals surface area contributed by atoms with E-state index in [9.17, 15) is 4.79 Å². The third-order valence-electron chi connectivity index (χ3n) is 4.95. The number of hydrogen-bond donors (Lipinski definition) is 2. The maximum Gasteiger partial charge on any atom is 0.308 e. The van der Waals surface area contributed by atoms with Crippen LogP contribution in [0.4, 0.5) is 0 Å². The molecule has 1 fully saturated rings. The molecule has 0 amide bonds. The van der Waals surface area contributed by atoms with E-state index in [2.05, 4.69) is 43.7 Å². The van der Waals surface area contributed by atoms with Gasteiger partial charge in [-0.25, -0.2) is 4.98 Å². The summed E-state index contributed by atoms with van der Waals surface area (Å²) < 4.78 is 5.15. The average Bonchev–Trinajstić information content (AvgIpc) is 3.12. The number of ether oxygens (including phenoxy) is 1. The number of thiazole rings is 1. The normalized spacial score (nSPS) is 20.0. The summed E-state index contributed by atoms with van der Waals surface area (Å²) in [5.74, 6) is 0.869. The molecule has 29 heavy (non-hydrogen) atoms. The minimum Gasteiger partial charge on any atom is -0.466 e. The van der Waals surface area contributed by atoms with Gasteiger partial charge in [0.05, 0.1) is 23.2 Å². The molecule has 2 N–H and O–H groups in total. The lowest BCUT2D eigenvalue weighted by Gasteiger charge is -2.29. The molecule has 0 aromatic carbocycles. The van der Waals surface area contributed by atoms with Crippen molar-refractivity contribution in [3.8, 4) is 0 Å². The third-order valence-corrected chi connectivity index (χ3v) is 5.86. The molecule has 1 saturated carbocycles. The van der Waals surface area contributed by atoms with Crippen LogP contribution in [0.5, 0.6) is 0 Å². The molecule has 1 aromatic heterocycles. The second-order valence-corrected chi connectivity index (χ2v) is 9.27. The van der Waals surface area contributed by atoms with E-state index in [4.69, 9.17) is 14.7 Å². The molecule has 1 heterocycles. The minimum atomic E-state index is -0.0420. The van der Waals surface area contributed by atoms with Gasteiger partial charge >= 0.3 is 5.97 Å². The maximum absolute atomic E-state index is 11.9. The lowest BCUT2D eigenvalue weighted by molar-refractivity contribution is -0.149. The summed E-state index contributed by atoms with van der Waals surface area (Å²) in [6, 6.07) is 0.357. The van der Waals surface area contributed by atoms with Gasteiger partial charge in [0.25, 0.3) is 0 Å². The zero-order valence-electron chi connectivity index (χ0n) is 18.4. The molecule has 1 aromatic rings. The van der Waals surface area contributed by atoms with Gasteiger partial charge in [-0.2, -0.15) is 0 Å². The van der Waals surface area contributed by atoms with Crippen LogP contribution >= 0.6 is 35.3 Å². The van der Waals surface area contributed by atoms with Crippen LogP contribution < -0.4 is 10.6 Å². The first kappa shape index (κ1) is 26.1. The van der Waals surface area contributed by atoms with Gasteiger partial charge in [0.2, 0.25) is 0 Å². The molecule has 0 spiro atoms. The number of aliphatic imine (C=N–C) groups is 1. The largest absolute Gasteiger partial charge is 0.466 e. The molecule has 1 aliphatic rings. The van der Waals surface area contributed by atoms with Gasteiger partial charge in [-0.15, -0.1) is 35.3 Å². The highest BCUT2D eigenvalue weighted by Crippen LogP contribution is 2.26. The molecule has 0 atom stereocenters. The summed E-state index contributed by atoms with van der Waals surface area (Å²) in [4.78, 5) is 21.4. The quantitative estimate of drug-likeness (QED) is 0.236. The molecule has 0 radical (unpaired) electrons. The standard InChI is InChI=1S/C21H36N4O2S.HI/c1-6-22-20(23-13-12-18-25-17(14-28-18)21(3,4)5)24-16-10-8-15(9-11-16)19(26)27-7-2;/h14-16H,6-13H2,1-5H3,(H2,22,23,24);1H. The summed E-state index contributed by atoms with van der Waals surface area (Å²) in [6.45, 7) is 12.5. The number of nitrogens with one attached hydrogen (secondary N) is 2. The van der Waals surface area contributed by atoms with Crippen molar-refractivity contribution in [1.29, 1.82) is 0 Å². The molecule has 0 bridgehead atoms. The summed E-state index contributed by atoms with van der Waals surface area (Å²) in [5.41, 5.74) is 1.25. The topological polar surface area (TPSA) is 75.6 Å². The number of nitrogens with zero attached hydrogens (tertiary/aromatic N) is 2. The molecule has 8 heteroatoms. The van der Waals surface area contributed by atoms with E-state index in [1.165, 1.54) is 0 Å². The average molecular weight is 537 g/mol. The fourth-order valence-electron chi connectivity index (χ4n) is 3.28. The number of carbonyl (C=O) groups is 1. The molecule has 166 valence electrons. The van der Waals surface area contributed by atoms with Crippen molar-refractivity contribution < 1.29 is 9.53 Å². The van der Waals surface area contributed by atoms with E-state index in [1.807, 2.05) is 6.92 Å². The number of hydrogen-bond acceptors (Lipinski definition) is 5. The Bertz CT molecular complexity index is 649. The molecule has 0 saturated heterocycles. The van der Waals surface area contributed by atoms with Crippen molar-refractivity contribution in [2.75, 3.05) is 19.7 Å². The van der Waals surface area contributed by atoms with Gasteiger partial charge in [0.1, 0.15) is 0 Å². The lowest BCUT2D eigenvalue weighted by Crippen LogP contribution is -2.45. The molecule has 0 aliphatic heterocycles.